The van der Waals surface area contributed by atoms with Crippen LogP contribution >= 0.6 is 11.3 Å². The Balaban J connectivity index is 1.45. The van der Waals surface area contributed by atoms with E-state index in [1.165, 1.54) is 24.3 Å². The number of benzene rings is 2. The number of nitrogens with zero attached hydrogens (tertiary/aromatic N) is 3. The molecule has 0 aliphatic heterocycles. The van der Waals surface area contributed by atoms with Gasteiger partial charge in [0.15, 0.2) is 5.82 Å². The predicted molar refractivity (Wildman–Crippen MR) is 141 cm³/mol. The first kappa shape index (κ1) is 26.1. The SMILES string of the molecule is Cc1c(-c2cc(Nc3cc(C)n(C)n3)c(=O)[nH]n2)ccc(F)c1NC(=O)c1cc2ccc(C(F)(F)F)cc2s1. The fourth-order valence-corrected chi connectivity index (χ4v) is 5.00. The lowest BCUT2D eigenvalue weighted by atomic mass is 10.0. The number of fused-ring (bicyclic) bond motifs is 1. The van der Waals surface area contributed by atoms with Crippen LogP contribution in [0.4, 0.5) is 34.8 Å². The first-order valence-electron chi connectivity index (χ1n) is 11.5. The Morgan fingerprint density at radius 3 is 2.54 bits per heavy atom. The van der Waals surface area contributed by atoms with Crippen molar-refractivity contribution in [2.45, 2.75) is 20.0 Å². The number of amides is 1. The van der Waals surface area contributed by atoms with Crippen LogP contribution in [0.25, 0.3) is 21.3 Å². The van der Waals surface area contributed by atoms with Gasteiger partial charge in [-0.3, -0.25) is 14.3 Å². The number of alkyl halides is 3. The zero-order valence-corrected chi connectivity index (χ0v) is 21.5. The van der Waals surface area contributed by atoms with Crippen LogP contribution in [0.5, 0.6) is 0 Å². The van der Waals surface area contributed by atoms with Crippen LogP contribution in [0.15, 0.2) is 53.3 Å². The third-order valence-electron chi connectivity index (χ3n) is 6.18. The maximum Gasteiger partial charge on any atom is 0.416 e. The van der Waals surface area contributed by atoms with Gasteiger partial charge in [0.25, 0.3) is 11.5 Å². The smallest absolute Gasteiger partial charge is 0.334 e. The van der Waals surface area contributed by atoms with Gasteiger partial charge in [-0.25, -0.2) is 9.49 Å². The lowest BCUT2D eigenvalue weighted by Crippen LogP contribution is -2.15. The van der Waals surface area contributed by atoms with Gasteiger partial charge < -0.3 is 10.6 Å². The Kier molecular flexibility index (Phi) is 6.46. The number of halogens is 4. The zero-order chi connectivity index (χ0) is 28.1. The van der Waals surface area contributed by atoms with E-state index in [0.29, 0.717) is 28.0 Å². The number of hydrogen-bond donors (Lipinski definition) is 3. The van der Waals surface area contributed by atoms with Crippen molar-refractivity contribution < 1.29 is 22.4 Å². The van der Waals surface area contributed by atoms with Gasteiger partial charge in [-0.15, -0.1) is 11.3 Å². The fourth-order valence-electron chi connectivity index (χ4n) is 4.00. The summed E-state index contributed by atoms with van der Waals surface area (Å²) in [5.41, 5.74) is 0.686. The molecule has 3 heterocycles. The fraction of sp³-hybridized carbons (Fsp3) is 0.154. The normalized spacial score (nSPS) is 11.7. The van der Waals surface area contributed by atoms with E-state index in [0.717, 1.165) is 35.2 Å². The molecular weight excluding hydrogens is 536 g/mol. The highest BCUT2D eigenvalue weighted by molar-refractivity contribution is 7.20. The van der Waals surface area contributed by atoms with Crippen LogP contribution in [-0.4, -0.2) is 25.9 Å². The molecular formula is C26H20F4N6O2S. The van der Waals surface area contributed by atoms with E-state index >= 15 is 0 Å². The molecule has 8 nitrogen and oxygen atoms in total. The van der Waals surface area contributed by atoms with Crippen molar-refractivity contribution in [1.82, 2.24) is 20.0 Å². The minimum Gasteiger partial charge on any atom is -0.334 e. The molecule has 0 bridgehead atoms. The van der Waals surface area contributed by atoms with Crippen molar-refractivity contribution in [2.75, 3.05) is 10.6 Å². The topological polar surface area (TPSA) is 105 Å². The number of carbonyl (C=O) groups is 1. The van der Waals surface area contributed by atoms with Gasteiger partial charge in [-0.05, 0) is 61.2 Å². The van der Waals surface area contributed by atoms with E-state index in [1.807, 2.05) is 6.92 Å². The summed E-state index contributed by atoms with van der Waals surface area (Å²) >= 11 is 0.872. The molecule has 0 radical (unpaired) electrons. The number of nitrogens with one attached hydrogen (secondary N) is 3. The Labute approximate surface area is 222 Å². The van der Waals surface area contributed by atoms with Crippen LogP contribution in [-0.2, 0) is 13.2 Å². The third kappa shape index (κ3) is 5.12. The summed E-state index contributed by atoms with van der Waals surface area (Å²) in [7, 11) is 1.76. The molecule has 1 amide bonds. The lowest BCUT2D eigenvalue weighted by Gasteiger charge is -2.13. The van der Waals surface area contributed by atoms with Crippen molar-refractivity contribution in [3.05, 3.63) is 86.4 Å². The number of anilines is 3. The standard InChI is InChI=1S/C26H20F4N6O2S/c1-12-8-22(35-36(12)3)31-19-11-18(33-34-24(19)37)16-6-7-17(27)23(13(16)2)32-25(38)21-9-14-4-5-15(26(28,29)30)10-20(14)39-21/h4-11H,1-3H3,(H,32,38)(H,34,37)(H,31,33,35). The highest BCUT2D eigenvalue weighted by atomic mass is 32.1. The summed E-state index contributed by atoms with van der Waals surface area (Å²) < 4.78 is 55.9. The number of rotatable bonds is 5. The zero-order valence-electron chi connectivity index (χ0n) is 20.7. The Morgan fingerprint density at radius 1 is 1.08 bits per heavy atom. The van der Waals surface area contributed by atoms with Crippen LogP contribution in [0.2, 0.25) is 0 Å². The molecule has 0 spiro atoms. The monoisotopic (exact) mass is 556 g/mol. The Hall–Kier alpha value is -4.52. The summed E-state index contributed by atoms with van der Waals surface area (Å²) in [4.78, 5) is 25.5. The molecule has 200 valence electrons. The number of aryl methyl sites for hydroxylation is 2. The minimum absolute atomic E-state index is 0.117. The summed E-state index contributed by atoms with van der Waals surface area (Å²) in [6.07, 6.45) is -4.51. The molecule has 0 fully saturated rings. The lowest BCUT2D eigenvalue weighted by molar-refractivity contribution is -0.137. The molecule has 0 saturated heterocycles. The number of thiophene rings is 1. The van der Waals surface area contributed by atoms with Gasteiger partial charge in [-0.2, -0.15) is 23.4 Å². The van der Waals surface area contributed by atoms with Gasteiger partial charge in [0.05, 0.1) is 21.8 Å². The van der Waals surface area contributed by atoms with Gasteiger partial charge in [0.1, 0.15) is 11.5 Å². The van der Waals surface area contributed by atoms with Crippen molar-refractivity contribution >= 4 is 44.5 Å². The number of H-pyrrole nitrogens is 1. The Bertz CT molecular complexity index is 1790. The van der Waals surface area contributed by atoms with E-state index in [-0.39, 0.29) is 21.0 Å². The van der Waals surface area contributed by atoms with Crippen molar-refractivity contribution in [1.29, 1.82) is 0 Å². The molecule has 39 heavy (non-hydrogen) atoms. The Morgan fingerprint density at radius 2 is 1.85 bits per heavy atom. The average molecular weight is 557 g/mol. The molecule has 0 saturated carbocycles. The maximum atomic E-state index is 14.8. The highest BCUT2D eigenvalue weighted by Crippen LogP contribution is 2.35. The molecule has 0 unspecified atom stereocenters. The van der Waals surface area contributed by atoms with Gasteiger partial charge in [0, 0.05) is 29.1 Å². The first-order valence-corrected chi connectivity index (χ1v) is 12.3. The molecule has 0 atom stereocenters. The average Bonchev–Trinajstić information content (AvgIpc) is 3.44. The molecule has 0 aliphatic rings. The number of aromatic amines is 1. The summed E-state index contributed by atoms with van der Waals surface area (Å²) in [6, 6.07) is 10.5. The number of carbonyl (C=O) groups excluding carboxylic acids is 1. The van der Waals surface area contributed by atoms with Crippen LogP contribution in [0.1, 0.15) is 26.5 Å². The van der Waals surface area contributed by atoms with E-state index in [9.17, 15) is 27.2 Å². The second-order valence-corrected chi connectivity index (χ2v) is 9.91. The second kappa shape index (κ2) is 9.66. The molecule has 0 aliphatic carbocycles. The molecule has 5 rings (SSSR count). The van der Waals surface area contributed by atoms with Gasteiger partial charge >= 0.3 is 6.18 Å². The minimum atomic E-state index is -4.51. The second-order valence-electron chi connectivity index (χ2n) is 8.83. The first-order chi connectivity index (χ1) is 18.4. The van der Waals surface area contributed by atoms with E-state index in [2.05, 4.69) is 25.9 Å². The summed E-state index contributed by atoms with van der Waals surface area (Å²) in [5.74, 6) is -0.935. The van der Waals surface area contributed by atoms with Crippen LogP contribution < -0.4 is 16.2 Å². The predicted octanol–water partition coefficient (Wildman–Crippen LogP) is 6.16. The molecule has 13 heteroatoms. The van der Waals surface area contributed by atoms with E-state index < -0.39 is 29.0 Å². The van der Waals surface area contributed by atoms with Crippen molar-refractivity contribution in [2.24, 2.45) is 7.05 Å². The molecule has 3 N–H and O–H groups in total. The quantitative estimate of drug-likeness (QED) is 0.225. The molecule has 3 aromatic heterocycles. The summed E-state index contributed by atoms with van der Waals surface area (Å²) in [5, 5.41) is 16.7. The van der Waals surface area contributed by atoms with Gasteiger partial charge in [-0.1, -0.05) is 6.07 Å². The van der Waals surface area contributed by atoms with E-state index in [4.69, 9.17) is 0 Å². The van der Waals surface area contributed by atoms with Crippen LogP contribution in [0.3, 0.4) is 0 Å². The number of hydrogen-bond acceptors (Lipinski definition) is 6. The molecule has 5 aromatic rings. The summed E-state index contributed by atoms with van der Waals surface area (Å²) in [6.45, 7) is 3.44. The van der Waals surface area contributed by atoms with Gasteiger partial charge in [0.2, 0.25) is 0 Å². The largest absolute Gasteiger partial charge is 0.416 e. The molecule has 2 aromatic carbocycles. The van der Waals surface area contributed by atoms with Crippen molar-refractivity contribution in [3.8, 4) is 11.3 Å². The highest BCUT2D eigenvalue weighted by Gasteiger charge is 2.30. The number of aromatic nitrogens is 4. The maximum absolute atomic E-state index is 14.8. The van der Waals surface area contributed by atoms with Crippen LogP contribution in [0, 0.1) is 19.7 Å². The van der Waals surface area contributed by atoms with E-state index in [1.54, 1.807) is 24.7 Å². The van der Waals surface area contributed by atoms with Crippen molar-refractivity contribution in [3.63, 3.8) is 0 Å². The third-order valence-corrected chi connectivity index (χ3v) is 7.28.